The fourth-order valence-electron chi connectivity index (χ4n) is 3.14. The number of benzene rings is 2. The Balaban J connectivity index is 1.57. The average molecular weight is 333 g/mol. The van der Waals surface area contributed by atoms with Crippen LogP contribution in [0.4, 0.5) is 0 Å². The summed E-state index contributed by atoms with van der Waals surface area (Å²) in [7, 11) is 1.83. The van der Waals surface area contributed by atoms with Gasteiger partial charge in [-0.3, -0.25) is 4.79 Å². The van der Waals surface area contributed by atoms with Crippen LogP contribution in [-0.4, -0.2) is 34.0 Å². The van der Waals surface area contributed by atoms with Gasteiger partial charge >= 0.3 is 0 Å². The molecule has 1 amide bonds. The van der Waals surface area contributed by atoms with Crippen molar-refractivity contribution < 1.29 is 9.53 Å². The molecule has 2 heterocycles. The van der Waals surface area contributed by atoms with Crippen LogP contribution in [0.5, 0.6) is 5.75 Å². The number of carbonyl (C=O) groups excluding carboxylic acids is 1. The highest BCUT2D eigenvalue weighted by molar-refractivity contribution is 5.98. The number of hydrogen-bond acceptors (Lipinski definition) is 3. The maximum absolute atomic E-state index is 12.1. The van der Waals surface area contributed by atoms with E-state index in [0.29, 0.717) is 13.2 Å². The Kier molecular flexibility index (Phi) is 3.98. The monoisotopic (exact) mass is 333 g/mol. The lowest BCUT2D eigenvalue weighted by Crippen LogP contribution is -2.17. The van der Waals surface area contributed by atoms with E-state index < -0.39 is 0 Å². The number of aromatic nitrogens is 2. The zero-order valence-corrected chi connectivity index (χ0v) is 14.1. The number of fused-ring (bicyclic) bond motifs is 1. The minimum Gasteiger partial charge on any atom is -0.491 e. The van der Waals surface area contributed by atoms with Gasteiger partial charge in [0, 0.05) is 37.1 Å². The predicted octanol–water partition coefficient (Wildman–Crippen LogP) is 3.21. The molecule has 0 aliphatic carbocycles. The first-order valence-electron chi connectivity index (χ1n) is 8.29. The first-order valence-corrected chi connectivity index (χ1v) is 8.29. The Morgan fingerprint density at radius 2 is 2.04 bits per heavy atom. The first-order chi connectivity index (χ1) is 12.2. The van der Waals surface area contributed by atoms with E-state index in [9.17, 15) is 4.79 Å². The molecule has 4 rings (SSSR count). The summed E-state index contributed by atoms with van der Waals surface area (Å²) in [6.45, 7) is 1.98. The van der Waals surface area contributed by atoms with Gasteiger partial charge in [0.25, 0.3) is 5.91 Å². The fraction of sp³-hybridized carbons (Fsp3) is 0.200. The highest BCUT2D eigenvalue weighted by atomic mass is 16.5. The Hall–Kier alpha value is -3.08. The lowest BCUT2D eigenvalue weighted by Gasteiger charge is -2.12. The van der Waals surface area contributed by atoms with Crippen LogP contribution in [-0.2, 0) is 13.1 Å². The molecule has 0 N–H and O–H groups in total. The van der Waals surface area contributed by atoms with E-state index in [-0.39, 0.29) is 5.91 Å². The third-order valence-electron chi connectivity index (χ3n) is 4.45. The zero-order chi connectivity index (χ0) is 17.2. The van der Waals surface area contributed by atoms with Gasteiger partial charge in [-0.2, -0.15) is 0 Å². The molecule has 0 saturated heterocycles. The molecule has 5 nitrogen and oxygen atoms in total. The second-order valence-electron chi connectivity index (χ2n) is 6.18. The van der Waals surface area contributed by atoms with Crippen molar-refractivity contribution in [3.8, 4) is 16.9 Å². The quantitative estimate of drug-likeness (QED) is 0.720. The third-order valence-corrected chi connectivity index (χ3v) is 4.45. The van der Waals surface area contributed by atoms with Gasteiger partial charge in [0.1, 0.15) is 12.4 Å². The SMILES string of the molecule is CN1Cc2cc(-c3ccccc3OCCn3ccnc3)ccc2C1=O. The molecule has 1 aliphatic rings. The van der Waals surface area contributed by atoms with Gasteiger partial charge in [0.15, 0.2) is 0 Å². The van der Waals surface area contributed by atoms with Crippen LogP contribution in [0.25, 0.3) is 11.1 Å². The van der Waals surface area contributed by atoms with Crippen molar-refractivity contribution >= 4 is 5.91 Å². The van der Waals surface area contributed by atoms with Crippen molar-refractivity contribution in [2.75, 3.05) is 13.7 Å². The van der Waals surface area contributed by atoms with Gasteiger partial charge in [0.05, 0.1) is 12.9 Å². The highest BCUT2D eigenvalue weighted by Crippen LogP contribution is 2.33. The van der Waals surface area contributed by atoms with E-state index in [1.54, 1.807) is 17.4 Å². The van der Waals surface area contributed by atoms with Crippen molar-refractivity contribution in [2.45, 2.75) is 13.1 Å². The Bertz CT molecular complexity index is 903. The van der Waals surface area contributed by atoms with Crippen molar-refractivity contribution in [1.29, 1.82) is 0 Å². The molecule has 1 aliphatic heterocycles. The smallest absolute Gasteiger partial charge is 0.254 e. The molecule has 0 fully saturated rings. The van der Waals surface area contributed by atoms with Gasteiger partial charge in [-0.05, 0) is 29.3 Å². The predicted molar refractivity (Wildman–Crippen MR) is 95.4 cm³/mol. The average Bonchev–Trinajstić information content (AvgIpc) is 3.24. The van der Waals surface area contributed by atoms with Gasteiger partial charge in [-0.1, -0.05) is 24.3 Å². The minimum absolute atomic E-state index is 0.0893. The van der Waals surface area contributed by atoms with Crippen LogP contribution < -0.4 is 4.74 Å². The summed E-state index contributed by atoms with van der Waals surface area (Å²) < 4.78 is 7.99. The van der Waals surface area contributed by atoms with E-state index in [2.05, 4.69) is 17.1 Å². The molecule has 3 aromatic rings. The number of rotatable bonds is 5. The molecule has 0 bridgehead atoms. The first kappa shape index (κ1) is 15.4. The number of para-hydroxylation sites is 1. The molecule has 0 spiro atoms. The highest BCUT2D eigenvalue weighted by Gasteiger charge is 2.24. The lowest BCUT2D eigenvalue weighted by molar-refractivity contribution is 0.0816. The van der Waals surface area contributed by atoms with Crippen LogP contribution in [0.2, 0.25) is 0 Å². The lowest BCUT2D eigenvalue weighted by atomic mass is 10.00. The van der Waals surface area contributed by atoms with Crippen molar-refractivity contribution in [2.24, 2.45) is 0 Å². The molecular formula is C20H19N3O2. The second kappa shape index (κ2) is 6.43. The van der Waals surface area contributed by atoms with Crippen LogP contribution >= 0.6 is 0 Å². The van der Waals surface area contributed by atoms with Crippen molar-refractivity contribution in [3.63, 3.8) is 0 Å². The van der Waals surface area contributed by atoms with E-state index in [0.717, 1.165) is 34.5 Å². The molecule has 0 atom stereocenters. The standard InChI is InChI=1S/C20H19N3O2/c1-22-13-16-12-15(6-7-18(16)20(22)24)17-4-2-3-5-19(17)25-11-10-23-9-8-21-14-23/h2-9,12,14H,10-11,13H2,1H3. The summed E-state index contributed by atoms with van der Waals surface area (Å²) in [5.74, 6) is 0.937. The largest absolute Gasteiger partial charge is 0.491 e. The maximum atomic E-state index is 12.1. The van der Waals surface area contributed by atoms with Crippen LogP contribution in [0, 0.1) is 0 Å². The van der Waals surface area contributed by atoms with E-state index >= 15 is 0 Å². The zero-order valence-electron chi connectivity index (χ0n) is 14.1. The molecule has 0 saturated carbocycles. The van der Waals surface area contributed by atoms with Crippen LogP contribution in [0.15, 0.2) is 61.2 Å². The number of amides is 1. The minimum atomic E-state index is 0.0893. The molecule has 0 radical (unpaired) electrons. The van der Waals surface area contributed by atoms with E-state index in [4.69, 9.17) is 4.74 Å². The molecule has 126 valence electrons. The fourth-order valence-corrected chi connectivity index (χ4v) is 3.14. The van der Waals surface area contributed by atoms with Crippen molar-refractivity contribution in [1.82, 2.24) is 14.5 Å². The Morgan fingerprint density at radius 1 is 1.16 bits per heavy atom. The summed E-state index contributed by atoms with van der Waals surface area (Å²) >= 11 is 0. The molecule has 0 unspecified atom stereocenters. The van der Waals surface area contributed by atoms with E-state index in [1.807, 2.05) is 48.1 Å². The summed E-state index contributed by atoms with van der Waals surface area (Å²) in [6, 6.07) is 14.0. The van der Waals surface area contributed by atoms with Gasteiger partial charge in [-0.15, -0.1) is 0 Å². The number of ether oxygens (including phenoxy) is 1. The molecule has 5 heteroatoms. The summed E-state index contributed by atoms with van der Waals surface area (Å²) in [4.78, 5) is 17.8. The summed E-state index contributed by atoms with van der Waals surface area (Å²) in [5.41, 5.74) is 3.97. The van der Waals surface area contributed by atoms with Crippen molar-refractivity contribution in [3.05, 3.63) is 72.3 Å². The molecule has 2 aromatic carbocycles. The maximum Gasteiger partial charge on any atom is 0.254 e. The van der Waals surface area contributed by atoms with Gasteiger partial charge in [-0.25, -0.2) is 4.98 Å². The number of hydrogen-bond donors (Lipinski definition) is 0. The third kappa shape index (κ3) is 3.01. The van der Waals surface area contributed by atoms with Crippen LogP contribution in [0.1, 0.15) is 15.9 Å². The normalized spacial score (nSPS) is 13.2. The Morgan fingerprint density at radius 3 is 2.88 bits per heavy atom. The summed E-state index contributed by atoms with van der Waals surface area (Å²) in [6.07, 6.45) is 5.46. The van der Waals surface area contributed by atoms with Gasteiger partial charge in [0.2, 0.25) is 0 Å². The number of carbonyl (C=O) groups is 1. The molecular weight excluding hydrogens is 314 g/mol. The number of imidazole rings is 1. The second-order valence-corrected chi connectivity index (χ2v) is 6.18. The molecule has 1 aromatic heterocycles. The topological polar surface area (TPSA) is 47.4 Å². The van der Waals surface area contributed by atoms with E-state index in [1.165, 1.54) is 0 Å². The Labute approximate surface area is 146 Å². The molecule has 25 heavy (non-hydrogen) atoms. The number of nitrogens with zero attached hydrogens (tertiary/aromatic N) is 3. The summed E-state index contributed by atoms with van der Waals surface area (Å²) in [5, 5.41) is 0. The van der Waals surface area contributed by atoms with Crippen LogP contribution in [0.3, 0.4) is 0 Å². The van der Waals surface area contributed by atoms with Gasteiger partial charge < -0.3 is 14.2 Å².